The summed E-state index contributed by atoms with van der Waals surface area (Å²) in [7, 11) is 1.19. The number of carbonyl (C=O) groups is 2. The zero-order valence-electron chi connectivity index (χ0n) is 20.6. The lowest BCUT2D eigenvalue weighted by Crippen LogP contribution is -2.43. The van der Waals surface area contributed by atoms with Crippen molar-refractivity contribution in [1.82, 2.24) is 9.78 Å². The SMILES string of the molecule is Cn1nc(OCC[C@@]23CC[C@@](C)(O2)[C@H]2C(=O)N(c4ccc(C#N)c5ccccc45)C(=O)[C@H]23)cc1C(F)(F)F. The van der Waals surface area contributed by atoms with Crippen LogP contribution < -0.4 is 9.64 Å². The zero-order chi connectivity index (χ0) is 27.0. The molecule has 1 aromatic heterocycles. The molecular formula is C27H23F3N4O4. The van der Waals surface area contributed by atoms with Gasteiger partial charge in [-0.25, -0.2) is 4.90 Å². The molecule has 4 heterocycles. The van der Waals surface area contributed by atoms with Crippen molar-refractivity contribution in [3.63, 3.8) is 0 Å². The number of carbonyl (C=O) groups excluding carboxylic acids is 2. The van der Waals surface area contributed by atoms with Crippen LogP contribution in [0.2, 0.25) is 0 Å². The van der Waals surface area contributed by atoms with Crippen LogP contribution in [0.4, 0.5) is 18.9 Å². The summed E-state index contributed by atoms with van der Waals surface area (Å²) in [5, 5.41) is 14.6. The van der Waals surface area contributed by atoms with E-state index in [0.717, 1.165) is 6.07 Å². The first-order valence-electron chi connectivity index (χ1n) is 12.2. The number of hydrogen-bond acceptors (Lipinski definition) is 6. The minimum absolute atomic E-state index is 0.0329. The van der Waals surface area contributed by atoms with E-state index < -0.39 is 34.9 Å². The van der Waals surface area contributed by atoms with E-state index in [9.17, 15) is 28.0 Å². The Hall–Kier alpha value is -3.91. The number of benzene rings is 2. The minimum Gasteiger partial charge on any atom is -0.476 e. The molecule has 3 aromatic rings. The molecular weight excluding hydrogens is 501 g/mol. The maximum Gasteiger partial charge on any atom is 0.433 e. The number of anilines is 1. The third-order valence-electron chi connectivity index (χ3n) is 8.20. The summed E-state index contributed by atoms with van der Waals surface area (Å²) in [6.07, 6.45) is -3.27. The van der Waals surface area contributed by atoms with Crippen molar-refractivity contribution in [1.29, 1.82) is 5.26 Å². The second kappa shape index (κ2) is 8.04. The van der Waals surface area contributed by atoms with Gasteiger partial charge in [0.1, 0.15) is 5.69 Å². The number of alkyl halides is 3. The fourth-order valence-electron chi connectivity index (χ4n) is 6.53. The van der Waals surface area contributed by atoms with Gasteiger partial charge in [-0.15, -0.1) is 5.10 Å². The molecule has 196 valence electrons. The Morgan fingerprint density at radius 2 is 1.84 bits per heavy atom. The Kier molecular flexibility index (Phi) is 5.17. The van der Waals surface area contributed by atoms with Crippen LogP contribution in [0.3, 0.4) is 0 Å². The normalized spacial score (nSPS) is 28.3. The van der Waals surface area contributed by atoms with E-state index in [1.807, 2.05) is 6.92 Å². The topological polar surface area (TPSA) is 97.4 Å². The highest BCUT2D eigenvalue weighted by Crippen LogP contribution is 2.62. The Balaban J connectivity index is 1.29. The average molecular weight is 524 g/mol. The minimum atomic E-state index is -4.56. The number of ether oxygens (including phenoxy) is 2. The average Bonchev–Trinajstić information content (AvgIpc) is 3.57. The number of rotatable bonds is 5. The number of hydrogen-bond donors (Lipinski definition) is 0. The van der Waals surface area contributed by atoms with Gasteiger partial charge >= 0.3 is 6.18 Å². The lowest BCUT2D eigenvalue weighted by atomic mass is 9.67. The fraction of sp³-hybridized carbons (Fsp3) is 0.407. The smallest absolute Gasteiger partial charge is 0.433 e. The molecule has 8 nitrogen and oxygen atoms in total. The molecule has 3 fully saturated rings. The lowest BCUT2D eigenvalue weighted by molar-refractivity contribution is -0.143. The maximum absolute atomic E-state index is 13.9. The summed E-state index contributed by atoms with van der Waals surface area (Å²) < 4.78 is 52.0. The standard InChI is InChI=1S/C27H23F3N4O4/c1-25-9-10-26(38-25,11-12-37-20-13-19(27(28,29)30)33(2)32-20)22-21(25)23(35)34(24(22)36)18-8-7-15(14-31)16-5-3-4-6-17(16)18/h3-8,13,21-22H,9-12H2,1-2H3/t21-,22+,25-,26-/m1/s1. The first-order valence-corrected chi connectivity index (χ1v) is 12.2. The summed E-state index contributed by atoms with van der Waals surface area (Å²) in [4.78, 5) is 28.9. The van der Waals surface area contributed by atoms with Crippen LogP contribution >= 0.6 is 0 Å². The Morgan fingerprint density at radius 1 is 1.13 bits per heavy atom. The molecule has 38 heavy (non-hydrogen) atoms. The number of fused-ring (bicyclic) bond motifs is 6. The largest absolute Gasteiger partial charge is 0.476 e. The van der Waals surface area contributed by atoms with E-state index in [2.05, 4.69) is 11.2 Å². The lowest BCUT2D eigenvalue weighted by Gasteiger charge is -2.31. The van der Waals surface area contributed by atoms with E-state index >= 15 is 0 Å². The van der Waals surface area contributed by atoms with Crippen LogP contribution in [0, 0.1) is 23.2 Å². The number of amides is 2. The van der Waals surface area contributed by atoms with Crippen molar-refractivity contribution in [2.24, 2.45) is 18.9 Å². The van der Waals surface area contributed by atoms with Crippen LogP contribution in [0.1, 0.15) is 37.4 Å². The molecule has 6 rings (SSSR count). The van der Waals surface area contributed by atoms with E-state index in [1.165, 1.54) is 11.9 Å². The van der Waals surface area contributed by atoms with Crippen molar-refractivity contribution in [2.45, 2.75) is 43.6 Å². The Labute approximate surface area is 215 Å². The molecule has 4 atom stereocenters. The molecule has 0 saturated carbocycles. The first kappa shape index (κ1) is 24.4. The number of nitriles is 1. The molecule has 2 amide bonds. The van der Waals surface area contributed by atoms with Crippen molar-refractivity contribution in [3.8, 4) is 11.9 Å². The number of aromatic nitrogens is 2. The van der Waals surface area contributed by atoms with Crippen molar-refractivity contribution < 1.29 is 32.2 Å². The zero-order valence-corrected chi connectivity index (χ0v) is 20.6. The van der Waals surface area contributed by atoms with E-state index in [1.54, 1.807) is 36.4 Å². The highest BCUT2D eigenvalue weighted by Gasteiger charge is 2.73. The van der Waals surface area contributed by atoms with Gasteiger partial charge < -0.3 is 9.47 Å². The van der Waals surface area contributed by atoms with Crippen molar-refractivity contribution >= 4 is 28.3 Å². The quantitative estimate of drug-likeness (QED) is 0.460. The summed E-state index contributed by atoms with van der Waals surface area (Å²) in [6, 6.07) is 13.3. The predicted octanol–water partition coefficient (Wildman–Crippen LogP) is 4.36. The van der Waals surface area contributed by atoms with Gasteiger partial charge in [-0.05, 0) is 31.9 Å². The van der Waals surface area contributed by atoms with Crippen LogP contribution in [-0.4, -0.2) is 39.4 Å². The summed E-state index contributed by atoms with van der Waals surface area (Å²) in [5.41, 5.74) is -1.89. The molecule has 0 radical (unpaired) electrons. The molecule has 0 unspecified atom stereocenters. The van der Waals surface area contributed by atoms with Crippen molar-refractivity contribution in [2.75, 3.05) is 11.5 Å². The van der Waals surface area contributed by atoms with Gasteiger partial charge in [0, 0.05) is 30.3 Å². The van der Waals surface area contributed by atoms with Gasteiger partial charge in [0.05, 0.1) is 47.0 Å². The van der Waals surface area contributed by atoms with Crippen LogP contribution in [0.25, 0.3) is 10.8 Å². The van der Waals surface area contributed by atoms with Crippen LogP contribution in [0.5, 0.6) is 5.88 Å². The van der Waals surface area contributed by atoms with Gasteiger partial charge in [-0.2, -0.15) is 18.4 Å². The van der Waals surface area contributed by atoms with Crippen LogP contribution in [-0.2, 0) is 27.5 Å². The van der Waals surface area contributed by atoms with Crippen LogP contribution in [0.15, 0.2) is 42.5 Å². The van der Waals surface area contributed by atoms with Gasteiger partial charge in [-0.3, -0.25) is 14.3 Å². The third kappa shape index (κ3) is 3.36. The third-order valence-corrected chi connectivity index (χ3v) is 8.20. The summed E-state index contributed by atoms with van der Waals surface area (Å²) >= 11 is 0. The van der Waals surface area contributed by atoms with Gasteiger partial charge in [-0.1, -0.05) is 24.3 Å². The molecule has 3 aliphatic heterocycles. The monoisotopic (exact) mass is 524 g/mol. The first-order chi connectivity index (χ1) is 18.0. The molecule has 0 aliphatic carbocycles. The second-order valence-electron chi connectivity index (χ2n) is 10.3. The molecule has 2 bridgehead atoms. The highest BCUT2D eigenvalue weighted by molar-refractivity contribution is 6.26. The molecule has 3 saturated heterocycles. The summed E-state index contributed by atoms with van der Waals surface area (Å²) in [5.74, 6) is -2.34. The van der Waals surface area contributed by atoms with Crippen molar-refractivity contribution in [3.05, 3.63) is 53.7 Å². The van der Waals surface area contributed by atoms with E-state index in [4.69, 9.17) is 9.47 Å². The molecule has 3 aliphatic rings. The van der Waals surface area contributed by atoms with E-state index in [0.29, 0.717) is 39.5 Å². The Morgan fingerprint density at radius 3 is 2.53 bits per heavy atom. The highest BCUT2D eigenvalue weighted by atomic mass is 19.4. The summed E-state index contributed by atoms with van der Waals surface area (Å²) in [6.45, 7) is 1.80. The number of nitrogens with zero attached hydrogens (tertiary/aromatic N) is 4. The fourth-order valence-corrected chi connectivity index (χ4v) is 6.53. The number of aryl methyl sites for hydroxylation is 1. The molecule has 0 N–H and O–H groups in total. The maximum atomic E-state index is 13.9. The molecule has 2 aromatic carbocycles. The number of imide groups is 1. The number of halogens is 3. The van der Waals surface area contributed by atoms with Gasteiger partial charge in [0.15, 0.2) is 0 Å². The van der Waals surface area contributed by atoms with Gasteiger partial charge in [0.2, 0.25) is 17.7 Å². The van der Waals surface area contributed by atoms with Gasteiger partial charge in [0.25, 0.3) is 0 Å². The predicted molar refractivity (Wildman–Crippen MR) is 128 cm³/mol. The molecule has 0 spiro atoms. The van der Waals surface area contributed by atoms with E-state index in [-0.39, 0.29) is 30.7 Å². The molecule has 11 heteroatoms. The second-order valence-corrected chi connectivity index (χ2v) is 10.3. The Bertz CT molecular complexity index is 1540.